The van der Waals surface area contributed by atoms with Gasteiger partial charge < -0.3 is 4.74 Å². The molecule has 1 aliphatic rings. The van der Waals surface area contributed by atoms with Crippen molar-refractivity contribution in [1.82, 2.24) is 0 Å². The molecular formula is C13H13BrF2O2. The first-order valence-electron chi connectivity index (χ1n) is 5.86. The maximum atomic E-state index is 13.7. The normalized spacial score (nSPS) is 19.8. The van der Waals surface area contributed by atoms with Gasteiger partial charge in [0.05, 0.1) is 4.47 Å². The van der Waals surface area contributed by atoms with Gasteiger partial charge in [-0.1, -0.05) is 0 Å². The Morgan fingerprint density at radius 3 is 2.83 bits per heavy atom. The van der Waals surface area contributed by atoms with E-state index in [-0.39, 0.29) is 22.2 Å². The summed E-state index contributed by atoms with van der Waals surface area (Å²) in [6.07, 6.45) is 1.71. The third-order valence-electron chi connectivity index (χ3n) is 3.03. The first kappa shape index (κ1) is 13.6. The highest BCUT2D eigenvalue weighted by atomic mass is 79.9. The molecule has 2 rings (SSSR count). The lowest BCUT2D eigenvalue weighted by atomic mass is 9.99. The van der Waals surface area contributed by atoms with Gasteiger partial charge in [-0.2, -0.15) is 0 Å². The zero-order chi connectivity index (χ0) is 13.1. The van der Waals surface area contributed by atoms with Crippen LogP contribution in [-0.2, 0) is 16.0 Å². The Balaban J connectivity index is 2.13. The molecule has 5 heteroatoms. The van der Waals surface area contributed by atoms with E-state index in [1.54, 1.807) is 0 Å². The van der Waals surface area contributed by atoms with E-state index in [2.05, 4.69) is 15.9 Å². The summed E-state index contributed by atoms with van der Waals surface area (Å²) in [5, 5.41) is 0. The van der Waals surface area contributed by atoms with E-state index in [0.29, 0.717) is 13.0 Å². The van der Waals surface area contributed by atoms with Gasteiger partial charge in [0.2, 0.25) is 0 Å². The highest BCUT2D eigenvalue weighted by Gasteiger charge is 2.24. The van der Waals surface area contributed by atoms with Crippen molar-refractivity contribution in [1.29, 1.82) is 0 Å². The van der Waals surface area contributed by atoms with Gasteiger partial charge >= 0.3 is 0 Å². The Morgan fingerprint density at radius 1 is 1.39 bits per heavy atom. The minimum absolute atomic E-state index is 0.163. The van der Waals surface area contributed by atoms with E-state index in [1.165, 1.54) is 6.07 Å². The lowest BCUT2D eigenvalue weighted by Crippen LogP contribution is -2.30. The monoisotopic (exact) mass is 318 g/mol. The van der Waals surface area contributed by atoms with Crippen molar-refractivity contribution in [2.45, 2.75) is 31.8 Å². The minimum atomic E-state index is -0.709. The molecule has 0 aliphatic carbocycles. The predicted molar refractivity (Wildman–Crippen MR) is 66.4 cm³/mol. The molecule has 1 unspecified atom stereocenters. The fourth-order valence-corrected chi connectivity index (χ4v) is 2.39. The van der Waals surface area contributed by atoms with E-state index in [4.69, 9.17) is 4.74 Å². The number of Topliss-reactive ketones (excluding diaryl/α,β-unsaturated/α-hetero) is 1. The van der Waals surface area contributed by atoms with Gasteiger partial charge in [-0.15, -0.1) is 0 Å². The third kappa shape index (κ3) is 2.95. The lowest BCUT2D eigenvalue weighted by molar-refractivity contribution is -0.132. The van der Waals surface area contributed by atoms with Crippen LogP contribution < -0.4 is 0 Å². The fraction of sp³-hybridized carbons (Fsp3) is 0.462. The van der Waals surface area contributed by atoms with Crippen molar-refractivity contribution in [2.24, 2.45) is 0 Å². The Hall–Kier alpha value is -0.810. The highest BCUT2D eigenvalue weighted by molar-refractivity contribution is 9.10. The second-order valence-corrected chi connectivity index (χ2v) is 5.17. The number of ether oxygens (including phenoxy) is 1. The number of halogens is 3. The van der Waals surface area contributed by atoms with Crippen LogP contribution in [0.2, 0.25) is 0 Å². The molecule has 1 saturated heterocycles. The van der Waals surface area contributed by atoms with Crippen LogP contribution in [0, 0.1) is 11.6 Å². The standard InChI is InChI=1S/C13H13BrF2O2/c14-9-4-5-10(15)8(13(9)16)7-11(17)12-3-1-2-6-18-12/h4-5,12H,1-3,6-7H2. The predicted octanol–water partition coefficient (Wildman–Crippen LogP) is 3.41. The molecule has 0 saturated carbocycles. The molecule has 0 bridgehead atoms. The van der Waals surface area contributed by atoms with Crippen molar-refractivity contribution in [3.8, 4) is 0 Å². The molecule has 1 heterocycles. The van der Waals surface area contributed by atoms with E-state index in [0.717, 1.165) is 18.9 Å². The molecule has 0 radical (unpaired) electrons. The lowest BCUT2D eigenvalue weighted by Gasteiger charge is -2.21. The summed E-state index contributed by atoms with van der Waals surface area (Å²) in [4.78, 5) is 11.9. The molecule has 1 atom stereocenters. The van der Waals surface area contributed by atoms with Crippen LogP contribution in [0.3, 0.4) is 0 Å². The Morgan fingerprint density at radius 2 is 2.17 bits per heavy atom. The summed E-state index contributed by atoms with van der Waals surface area (Å²) in [6.45, 7) is 0.542. The largest absolute Gasteiger partial charge is 0.370 e. The number of carbonyl (C=O) groups excluding carboxylic acids is 1. The van der Waals surface area contributed by atoms with Crippen molar-refractivity contribution < 1.29 is 18.3 Å². The summed E-state index contributed by atoms with van der Waals surface area (Å²) >= 11 is 2.98. The molecule has 0 N–H and O–H groups in total. The number of hydrogen-bond donors (Lipinski definition) is 0. The maximum Gasteiger partial charge on any atom is 0.166 e. The summed E-state index contributed by atoms with van der Waals surface area (Å²) < 4.78 is 32.7. The molecule has 1 aliphatic heterocycles. The Bertz CT molecular complexity index is 457. The van der Waals surface area contributed by atoms with Crippen molar-refractivity contribution in [2.75, 3.05) is 6.61 Å². The van der Waals surface area contributed by atoms with Gasteiger partial charge in [0.15, 0.2) is 5.78 Å². The quantitative estimate of drug-likeness (QED) is 0.798. The van der Waals surface area contributed by atoms with Gasteiger partial charge in [0, 0.05) is 18.6 Å². The number of carbonyl (C=O) groups is 1. The SMILES string of the molecule is O=C(Cc1c(F)ccc(Br)c1F)C1CCCCO1. The summed E-state index contributed by atoms with van der Waals surface area (Å²) in [5.41, 5.74) is -0.191. The van der Waals surface area contributed by atoms with Crippen LogP contribution in [0.1, 0.15) is 24.8 Å². The number of ketones is 1. The van der Waals surface area contributed by atoms with Gasteiger partial charge in [0.25, 0.3) is 0 Å². The van der Waals surface area contributed by atoms with Gasteiger partial charge in [-0.05, 0) is 47.3 Å². The van der Waals surface area contributed by atoms with Crippen molar-refractivity contribution >= 4 is 21.7 Å². The summed E-state index contributed by atoms with van der Waals surface area (Å²) in [7, 11) is 0. The van der Waals surface area contributed by atoms with Crippen LogP contribution in [0.25, 0.3) is 0 Å². The van der Waals surface area contributed by atoms with E-state index in [1.807, 2.05) is 0 Å². The molecule has 0 aromatic heterocycles. The average Bonchev–Trinajstić information content (AvgIpc) is 2.40. The van der Waals surface area contributed by atoms with E-state index in [9.17, 15) is 13.6 Å². The van der Waals surface area contributed by atoms with Crippen molar-refractivity contribution in [3.05, 3.63) is 33.8 Å². The van der Waals surface area contributed by atoms with Gasteiger partial charge in [0.1, 0.15) is 17.7 Å². The molecule has 98 valence electrons. The van der Waals surface area contributed by atoms with E-state index >= 15 is 0 Å². The number of rotatable bonds is 3. The fourth-order valence-electron chi connectivity index (χ4n) is 2.01. The Kier molecular flexibility index (Phi) is 4.45. The van der Waals surface area contributed by atoms with Crippen LogP contribution >= 0.6 is 15.9 Å². The van der Waals surface area contributed by atoms with E-state index < -0.39 is 17.7 Å². The molecule has 2 nitrogen and oxygen atoms in total. The maximum absolute atomic E-state index is 13.7. The molecule has 0 spiro atoms. The van der Waals surface area contributed by atoms with Crippen LogP contribution in [-0.4, -0.2) is 18.5 Å². The molecule has 1 fully saturated rings. The smallest absolute Gasteiger partial charge is 0.166 e. The number of benzene rings is 1. The first-order valence-corrected chi connectivity index (χ1v) is 6.65. The van der Waals surface area contributed by atoms with Gasteiger partial charge in [-0.3, -0.25) is 4.79 Å². The third-order valence-corrected chi connectivity index (χ3v) is 3.64. The van der Waals surface area contributed by atoms with Gasteiger partial charge in [-0.25, -0.2) is 8.78 Å². The molecule has 1 aromatic rings. The molecule has 18 heavy (non-hydrogen) atoms. The second-order valence-electron chi connectivity index (χ2n) is 4.32. The second kappa shape index (κ2) is 5.89. The number of hydrogen-bond acceptors (Lipinski definition) is 2. The zero-order valence-electron chi connectivity index (χ0n) is 9.72. The first-order chi connectivity index (χ1) is 8.59. The molecular weight excluding hydrogens is 306 g/mol. The summed E-state index contributed by atoms with van der Waals surface area (Å²) in [6, 6.07) is 2.44. The summed E-state index contributed by atoms with van der Waals surface area (Å²) in [5.74, 6) is -1.66. The highest BCUT2D eigenvalue weighted by Crippen LogP contribution is 2.23. The zero-order valence-corrected chi connectivity index (χ0v) is 11.3. The van der Waals surface area contributed by atoms with Crippen LogP contribution in [0.4, 0.5) is 8.78 Å². The molecule has 0 amide bonds. The average molecular weight is 319 g/mol. The topological polar surface area (TPSA) is 26.3 Å². The minimum Gasteiger partial charge on any atom is -0.370 e. The molecule has 1 aromatic carbocycles. The Labute approximate surface area is 112 Å². The van der Waals surface area contributed by atoms with Crippen LogP contribution in [0.15, 0.2) is 16.6 Å². The van der Waals surface area contributed by atoms with Crippen molar-refractivity contribution in [3.63, 3.8) is 0 Å². The van der Waals surface area contributed by atoms with Crippen LogP contribution in [0.5, 0.6) is 0 Å².